The number of ether oxygens (including phenoxy) is 1. The number of hydrogen-bond acceptors (Lipinski definition) is 6. The van der Waals surface area contributed by atoms with Crippen molar-refractivity contribution in [1.29, 1.82) is 0 Å². The van der Waals surface area contributed by atoms with E-state index < -0.39 is 22.8 Å². The van der Waals surface area contributed by atoms with E-state index in [1.54, 1.807) is 0 Å². The average molecular weight is 370 g/mol. The number of rotatable bonds is 6. The molecular weight excluding hydrogens is 352 g/mol. The van der Waals surface area contributed by atoms with Gasteiger partial charge in [-0.05, 0) is 31.0 Å². The van der Waals surface area contributed by atoms with E-state index in [-0.39, 0.29) is 30.0 Å². The van der Waals surface area contributed by atoms with Gasteiger partial charge in [0, 0.05) is 12.1 Å². The summed E-state index contributed by atoms with van der Waals surface area (Å²) in [7, 11) is 0. The quantitative estimate of drug-likeness (QED) is 0.474. The fraction of sp³-hybridized carbons (Fsp3) is 0.263. The molecule has 0 spiro atoms. The number of nitro groups is 1. The van der Waals surface area contributed by atoms with Crippen LogP contribution in [0.2, 0.25) is 0 Å². The molecule has 1 aliphatic rings. The molecule has 0 bridgehead atoms. The number of carbonyl (C=O) groups is 2. The minimum Gasteiger partial charge on any atom is -0.490 e. The Morgan fingerprint density at radius 3 is 2.37 bits per heavy atom. The monoisotopic (exact) mass is 370 g/mol. The number of aryl methyl sites for hydroxylation is 2. The number of imide groups is 1. The van der Waals surface area contributed by atoms with E-state index in [0.717, 1.165) is 22.1 Å². The van der Waals surface area contributed by atoms with Gasteiger partial charge in [0.1, 0.15) is 18.5 Å². The Labute approximate surface area is 155 Å². The summed E-state index contributed by atoms with van der Waals surface area (Å²) in [6.45, 7) is 3.40. The van der Waals surface area contributed by atoms with Gasteiger partial charge in [-0.3, -0.25) is 24.6 Å². The topological polar surface area (TPSA) is 110 Å². The summed E-state index contributed by atoms with van der Waals surface area (Å²) in [5.41, 5.74) is 1.62. The number of fused-ring (bicyclic) bond motifs is 1. The third kappa shape index (κ3) is 3.52. The third-order valence-corrected chi connectivity index (χ3v) is 4.39. The molecule has 0 fully saturated rings. The van der Waals surface area contributed by atoms with Crippen molar-refractivity contribution >= 4 is 17.5 Å². The predicted molar refractivity (Wildman–Crippen MR) is 95.9 cm³/mol. The molecule has 1 N–H and O–H groups in total. The maximum Gasteiger partial charge on any atom is 0.270 e. The Morgan fingerprint density at radius 1 is 1.11 bits per heavy atom. The largest absolute Gasteiger partial charge is 0.490 e. The molecule has 3 rings (SSSR count). The third-order valence-electron chi connectivity index (χ3n) is 4.39. The number of carbonyl (C=O) groups excluding carboxylic acids is 2. The van der Waals surface area contributed by atoms with Crippen LogP contribution in [0.1, 0.15) is 31.8 Å². The van der Waals surface area contributed by atoms with E-state index in [1.165, 1.54) is 12.1 Å². The van der Waals surface area contributed by atoms with Crippen molar-refractivity contribution in [2.45, 2.75) is 20.0 Å². The van der Waals surface area contributed by atoms with Gasteiger partial charge in [-0.1, -0.05) is 18.2 Å². The highest BCUT2D eigenvalue weighted by Crippen LogP contribution is 2.27. The van der Waals surface area contributed by atoms with Crippen LogP contribution in [0.15, 0.2) is 36.4 Å². The lowest BCUT2D eigenvalue weighted by molar-refractivity contribution is -0.384. The highest BCUT2D eigenvalue weighted by molar-refractivity contribution is 6.21. The summed E-state index contributed by atoms with van der Waals surface area (Å²) in [4.78, 5) is 35.9. The molecule has 2 aromatic carbocycles. The molecule has 8 heteroatoms. The van der Waals surface area contributed by atoms with E-state index in [9.17, 15) is 24.8 Å². The van der Waals surface area contributed by atoms with Crippen LogP contribution in [-0.4, -0.2) is 46.0 Å². The summed E-state index contributed by atoms with van der Waals surface area (Å²) in [5.74, 6) is -0.602. The Morgan fingerprint density at radius 2 is 1.74 bits per heavy atom. The lowest BCUT2D eigenvalue weighted by Gasteiger charge is -2.20. The van der Waals surface area contributed by atoms with Gasteiger partial charge in [0.2, 0.25) is 0 Å². The van der Waals surface area contributed by atoms with Crippen LogP contribution in [-0.2, 0) is 0 Å². The van der Waals surface area contributed by atoms with Crippen molar-refractivity contribution in [2.24, 2.45) is 0 Å². The molecule has 0 aliphatic carbocycles. The molecule has 2 amide bonds. The molecule has 0 unspecified atom stereocenters. The van der Waals surface area contributed by atoms with Gasteiger partial charge in [0.05, 0.1) is 22.6 Å². The van der Waals surface area contributed by atoms with E-state index in [0.29, 0.717) is 5.75 Å². The Hall–Kier alpha value is -3.26. The van der Waals surface area contributed by atoms with Gasteiger partial charge in [0.15, 0.2) is 0 Å². The number of aliphatic hydroxyl groups excluding tert-OH is 1. The molecule has 1 aliphatic heterocycles. The Kier molecular flexibility index (Phi) is 4.91. The molecule has 27 heavy (non-hydrogen) atoms. The number of nitrogens with zero attached hydrogens (tertiary/aromatic N) is 2. The van der Waals surface area contributed by atoms with E-state index in [4.69, 9.17) is 4.74 Å². The van der Waals surface area contributed by atoms with E-state index in [1.807, 2.05) is 32.0 Å². The number of β-amino-alcohol motifs (C(OH)–C–C–N with tert-alkyl or cyclic N) is 1. The van der Waals surface area contributed by atoms with Crippen molar-refractivity contribution in [1.82, 2.24) is 4.90 Å². The normalized spacial score (nSPS) is 14.3. The second-order valence-electron chi connectivity index (χ2n) is 6.39. The number of hydrogen-bond donors (Lipinski definition) is 1. The first kappa shape index (κ1) is 18.5. The molecule has 2 aromatic rings. The van der Waals surface area contributed by atoms with Crippen LogP contribution < -0.4 is 4.74 Å². The molecule has 0 saturated carbocycles. The van der Waals surface area contributed by atoms with Crippen molar-refractivity contribution in [3.8, 4) is 5.75 Å². The Bertz CT molecular complexity index is 920. The maximum absolute atomic E-state index is 12.4. The van der Waals surface area contributed by atoms with Gasteiger partial charge in [0.25, 0.3) is 17.5 Å². The summed E-state index contributed by atoms with van der Waals surface area (Å²) in [6, 6.07) is 9.17. The van der Waals surface area contributed by atoms with Crippen LogP contribution in [0.3, 0.4) is 0 Å². The number of nitro benzene ring substituents is 1. The molecule has 0 radical (unpaired) electrons. The predicted octanol–water partition coefficient (Wildman–Crippen LogP) is 2.25. The second kappa shape index (κ2) is 7.16. The zero-order valence-corrected chi connectivity index (χ0v) is 14.8. The maximum atomic E-state index is 12.4. The molecule has 0 saturated heterocycles. The van der Waals surface area contributed by atoms with Gasteiger partial charge < -0.3 is 9.84 Å². The zero-order valence-electron chi connectivity index (χ0n) is 14.8. The minimum atomic E-state index is -1.10. The summed E-state index contributed by atoms with van der Waals surface area (Å²) in [6.07, 6.45) is -1.10. The first-order valence-electron chi connectivity index (χ1n) is 8.31. The first-order chi connectivity index (χ1) is 12.8. The molecule has 8 nitrogen and oxygen atoms in total. The summed E-state index contributed by atoms with van der Waals surface area (Å²) >= 11 is 0. The standard InChI is InChI=1S/C19H18N2O6/c1-11-4-3-5-12(2)17(11)27-10-14(22)9-20-18(23)15-7-6-13(21(25)26)8-16(15)19(20)24/h3-8,14,22H,9-10H2,1-2H3/t14-/m1/s1. The van der Waals surface area contributed by atoms with E-state index in [2.05, 4.69) is 0 Å². The average Bonchev–Trinajstić information content (AvgIpc) is 2.86. The lowest BCUT2D eigenvalue weighted by atomic mass is 10.1. The molecule has 140 valence electrons. The lowest BCUT2D eigenvalue weighted by Crippen LogP contribution is -2.39. The molecular formula is C19H18N2O6. The minimum absolute atomic E-state index is 0.0305. The van der Waals surface area contributed by atoms with Crippen LogP contribution >= 0.6 is 0 Å². The summed E-state index contributed by atoms with van der Waals surface area (Å²) < 4.78 is 5.65. The van der Waals surface area contributed by atoms with Crippen molar-refractivity contribution in [3.05, 3.63) is 68.8 Å². The zero-order chi connectivity index (χ0) is 19.7. The molecule has 0 aromatic heterocycles. The number of non-ortho nitro benzene ring substituents is 1. The van der Waals surface area contributed by atoms with E-state index >= 15 is 0 Å². The number of aliphatic hydroxyl groups is 1. The first-order valence-corrected chi connectivity index (χ1v) is 8.31. The van der Waals surface area contributed by atoms with Gasteiger partial charge in [-0.25, -0.2) is 0 Å². The highest BCUT2D eigenvalue weighted by Gasteiger charge is 2.37. The van der Waals surface area contributed by atoms with Crippen LogP contribution in [0, 0.1) is 24.0 Å². The number of amides is 2. The van der Waals surface area contributed by atoms with Crippen molar-refractivity contribution < 1.29 is 24.4 Å². The smallest absolute Gasteiger partial charge is 0.270 e. The Balaban J connectivity index is 1.69. The summed E-state index contributed by atoms with van der Waals surface area (Å²) in [5, 5.41) is 21.1. The van der Waals surface area contributed by atoms with Gasteiger partial charge >= 0.3 is 0 Å². The molecule has 1 atom stereocenters. The highest BCUT2D eigenvalue weighted by atomic mass is 16.6. The fourth-order valence-electron chi connectivity index (χ4n) is 3.03. The second-order valence-corrected chi connectivity index (χ2v) is 6.39. The van der Waals surface area contributed by atoms with Gasteiger partial charge in [-0.15, -0.1) is 0 Å². The number of para-hydroxylation sites is 1. The van der Waals surface area contributed by atoms with Crippen LogP contribution in [0.25, 0.3) is 0 Å². The fourth-order valence-corrected chi connectivity index (χ4v) is 3.03. The van der Waals surface area contributed by atoms with Crippen LogP contribution in [0.4, 0.5) is 5.69 Å². The SMILES string of the molecule is Cc1cccc(C)c1OC[C@H](O)CN1C(=O)c2ccc([N+](=O)[O-])cc2C1=O. The molecule has 1 heterocycles. The van der Waals surface area contributed by atoms with Gasteiger partial charge in [-0.2, -0.15) is 0 Å². The number of benzene rings is 2. The van der Waals surface area contributed by atoms with Crippen molar-refractivity contribution in [2.75, 3.05) is 13.2 Å². The van der Waals surface area contributed by atoms with Crippen molar-refractivity contribution in [3.63, 3.8) is 0 Å². The van der Waals surface area contributed by atoms with Crippen LogP contribution in [0.5, 0.6) is 5.75 Å².